The van der Waals surface area contributed by atoms with E-state index in [4.69, 9.17) is 16.6 Å². The number of anilines is 1. The third-order valence-corrected chi connectivity index (χ3v) is 6.59. The molecule has 1 N–H and O–H groups in total. The Morgan fingerprint density at radius 3 is 2.88 bits per heavy atom. The number of carboxylic acid groups (broad SMARTS) is 1. The van der Waals surface area contributed by atoms with Crippen molar-refractivity contribution in [3.8, 4) is 0 Å². The summed E-state index contributed by atoms with van der Waals surface area (Å²) in [5.41, 5.74) is 4.19. The van der Waals surface area contributed by atoms with Crippen molar-refractivity contribution in [2.75, 3.05) is 38.1 Å². The van der Waals surface area contributed by atoms with Gasteiger partial charge in [-0.1, -0.05) is 17.7 Å². The molecule has 1 atom stereocenters. The lowest BCUT2D eigenvalue weighted by molar-refractivity contribution is 0.142. The molecule has 32 heavy (non-hydrogen) atoms. The highest BCUT2D eigenvalue weighted by Crippen LogP contribution is 2.32. The van der Waals surface area contributed by atoms with Crippen molar-refractivity contribution >= 4 is 29.3 Å². The first-order chi connectivity index (χ1) is 15.5. The summed E-state index contributed by atoms with van der Waals surface area (Å²) in [4.78, 5) is 31.0. The van der Waals surface area contributed by atoms with Crippen LogP contribution in [0.4, 0.5) is 10.7 Å². The van der Waals surface area contributed by atoms with Gasteiger partial charge >= 0.3 is 6.09 Å². The maximum atomic E-state index is 11.2. The summed E-state index contributed by atoms with van der Waals surface area (Å²) < 4.78 is 1.96. The van der Waals surface area contributed by atoms with E-state index in [9.17, 15) is 9.90 Å². The first-order valence-corrected chi connectivity index (χ1v) is 11.3. The lowest BCUT2D eigenvalue weighted by Gasteiger charge is -2.33. The van der Waals surface area contributed by atoms with E-state index in [0.29, 0.717) is 43.8 Å². The number of piperazine rings is 1. The number of fused-ring (bicyclic) bond motifs is 2. The Balaban J connectivity index is 1.39. The predicted molar refractivity (Wildman–Crippen MR) is 121 cm³/mol. The van der Waals surface area contributed by atoms with Gasteiger partial charge in [0.15, 0.2) is 0 Å². The molecule has 0 aromatic carbocycles. The van der Waals surface area contributed by atoms with Crippen molar-refractivity contribution < 1.29 is 9.90 Å². The molecule has 1 saturated heterocycles. The molecule has 4 heterocycles. The summed E-state index contributed by atoms with van der Waals surface area (Å²) in [5, 5.41) is 9.59. The Bertz CT molecular complexity index is 1140. The predicted octanol–water partition coefficient (Wildman–Crippen LogP) is 3.09. The first kappa shape index (κ1) is 21.0. The molecule has 1 aliphatic carbocycles. The number of nitrogens with zero attached hydrogens (tertiary/aromatic N) is 7. The quantitative estimate of drug-likeness (QED) is 0.604. The fourth-order valence-corrected chi connectivity index (χ4v) is 4.95. The largest absolute Gasteiger partial charge is 0.465 e. The van der Waals surface area contributed by atoms with E-state index in [1.165, 1.54) is 16.2 Å². The Kier molecular flexibility index (Phi) is 5.60. The summed E-state index contributed by atoms with van der Waals surface area (Å²) >= 11 is 6.30. The first-order valence-electron chi connectivity index (χ1n) is 10.9. The topological polar surface area (TPSA) is 90.1 Å². The maximum Gasteiger partial charge on any atom is 0.407 e. The van der Waals surface area contributed by atoms with Gasteiger partial charge in [-0.05, 0) is 37.9 Å². The Hall–Kier alpha value is -2.91. The Morgan fingerprint density at radius 2 is 2.09 bits per heavy atom. The third kappa shape index (κ3) is 3.98. The van der Waals surface area contributed by atoms with Crippen LogP contribution in [0, 0.1) is 0 Å². The second-order valence-electron chi connectivity index (χ2n) is 8.47. The molecule has 2 aliphatic rings. The number of halogens is 1. The van der Waals surface area contributed by atoms with Crippen LogP contribution < -0.4 is 4.90 Å². The van der Waals surface area contributed by atoms with Gasteiger partial charge in [0, 0.05) is 51.2 Å². The summed E-state index contributed by atoms with van der Waals surface area (Å²) in [6.07, 6.45) is 6.33. The van der Waals surface area contributed by atoms with Crippen molar-refractivity contribution in [2.24, 2.45) is 0 Å². The summed E-state index contributed by atoms with van der Waals surface area (Å²) in [6, 6.07) is 6.23. The standard InChI is InChI=1S/C22H26ClN7O2/c1-27(17-6-2-4-15-5-3-7-24-20(15)17)13-16-14-30-19(25-16)12-18(23)26-21(30)28-8-10-29(11-9-28)22(31)32/h3,5,7,12,14,17H,2,4,6,8-11,13H2,1H3,(H,31,32)/t17-/m0/s1. The number of aryl methyl sites for hydroxylation is 1. The van der Waals surface area contributed by atoms with E-state index in [-0.39, 0.29) is 6.04 Å². The van der Waals surface area contributed by atoms with E-state index in [2.05, 4.69) is 32.9 Å². The molecule has 3 aromatic heterocycles. The molecule has 0 radical (unpaired) electrons. The van der Waals surface area contributed by atoms with Crippen LogP contribution in [0.25, 0.3) is 5.65 Å². The van der Waals surface area contributed by atoms with E-state index in [0.717, 1.165) is 30.6 Å². The molecule has 1 amide bonds. The van der Waals surface area contributed by atoms with Crippen LogP contribution in [-0.2, 0) is 13.0 Å². The molecule has 168 valence electrons. The number of rotatable bonds is 4. The van der Waals surface area contributed by atoms with Gasteiger partial charge in [-0.25, -0.2) is 14.8 Å². The van der Waals surface area contributed by atoms with Gasteiger partial charge in [-0.2, -0.15) is 0 Å². The minimum atomic E-state index is -0.888. The van der Waals surface area contributed by atoms with Gasteiger partial charge in [-0.15, -0.1) is 0 Å². The highest BCUT2D eigenvalue weighted by atomic mass is 35.5. The average Bonchev–Trinajstić information content (AvgIpc) is 3.20. The molecule has 1 fully saturated rings. The third-order valence-electron chi connectivity index (χ3n) is 6.40. The maximum absolute atomic E-state index is 11.2. The molecule has 0 spiro atoms. The van der Waals surface area contributed by atoms with Gasteiger partial charge in [0.25, 0.3) is 0 Å². The summed E-state index contributed by atoms with van der Waals surface area (Å²) in [5.74, 6) is 0.698. The van der Waals surface area contributed by atoms with Gasteiger partial charge < -0.3 is 14.9 Å². The van der Waals surface area contributed by atoms with Gasteiger partial charge in [0.05, 0.1) is 17.4 Å². The highest BCUT2D eigenvalue weighted by Gasteiger charge is 2.26. The lowest BCUT2D eigenvalue weighted by atomic mass is 9.91. The zero-order valence-corrected chi connectivity index (χ0v) is 18.7. The molecule has 0 saturated carbocycles. The molecule has 10 heteroatoms. The minimum absolute atomic E-state index is 0.273. The number of imidazole rings is 1. The second-order valence-corrected chi connectivity index (χ2v) is 8.85. The summed E-state index contributed by atoms with van der Waals surface area (Å²) in [7, 11) is 2.12. The number of carbonyl (C=O) groups is 1. The Morgan fingerprint density at radius 1 is 1.28 bits per heavy atom. The van der Waals surface area contributed by atoms with Crippen LogP contribution in [0.2, 0.25) is 5.15 Å². The number of hydrogen-bond acceptors (Lipinski definition) is 6. The van der Waals surface area contributed by atoms with Crippen molar-refractivity contribution in [1.29, 1.82) is 0 Å². The Labute approximate surface area is 191 Å². The van der Waals surface area contributed by atoms with Crippen LogP contribution in [0.3, 0.4) is 0 Å². The van der Waals surface area contributed by atoms with E-state index in [1.807, 2.05) is 22.9 Å². The monoisotopic (exact) mass is 455 g/mol. The van der Waals surface area contributed by atoms with Crippen LogP contribution in [0.1, 0.15) is 35.8 Å². The van der Waals surface area contributed by atoms with E-state index in [1.54, 1.807) is 6.07 Å². The van der Waals surface area contributed by atoms with E-state index < -0.39 is 6.09 Å². The highest BCUT2D eigenvalue weighted by molar-refractivity contribution is 6.29. The van der Waals surface area contributed by atoms with Crippen molar-refractivity contribution in [1.82, 2.24) is 29.2 Å². The van der Waals surface area contributed by atoms with Crippen LogP contribution in [0.15, 0.2) is 30.6 Å². The van der Waals surface area contributed by atoms with Crippen molar-refractivity contribution in [3.05, 3.63) is 52.7 Å². The number of hydrogen-bond donors (Lipinski definition) is 1. The molecular formula is C22H26ClN7O2. The van der Waals surface area contributed by atoms with Crippen molar-refractivity contribution in [2.45, 2.75) is 31.8 Å². The average molecular weight is 456 g/mol. The summed E-state index contributed by atoms with van der Waals surface area (Å²) in [6.45, 7) is 2.68. The molecular weight excluding hydrogens is 430 g/mol. The number of pyridine rings is 1. The lowest BCUT2D eigenvalue weighted by Crippen LogP contribution is -2.49. The minimum Gasteiger partial charge on any atom is -0.465 e. The number of amides is 1. The molecule has 0 bridgehead atoms. The normalized spacial score (nSPS) is 18.9. The van der Waals surface area contributed by atoms with Crippen LogP contribution in [0.5, 0.6) is 0 Å². The molecule has 9 nitrogen and oxygen atoms in total. The van der Waals surface area contributed by atoms with Crippen molar-refractivity contribution in [3.63, 3.8) is 0 Å². The number of aromatic nitrogens is 4. The van der Waals surface area contributed by atoms with Gasteiger partial charge in [0.2, 0.25) is 5.95 Å². The van der Waals surface area contributed by atoms with Crippen LogP contribution >= 0.6 is 11.6 Å². The molecule has 5 rings (SSSR count). The zero-order chi connectivity index (χ0) is 22.2. The fourth-order valence-electron chi connectivity index (χ4n) is 4.77. The molecule has 1 aliphatic heterocycles. The van der Waals surface area contributed by atoms with Gasteiger partial charge in [0.1, 0.15) is 10.8 Å². The smallest absolute Gasteiger partial charge is 0.407 e. The van der Waals surface area contributed by atoms with Crippen LogP contribution in [-0.4, -0.2) is 73.6 Å². The zero-order valence-electron chi connectivity index (χ0n) is 18.0. The van der Waals surface area contributed by atoms with Gasteiger partial charge in [-0.3, -0.25) is 14.3 Å². The fraction of sp³-hybridized carbons (Fsp3) is 0.455. The SMILES string of the molecule is CN(Cc1cn2c(N3CCN(C(=O)O)CC3)nc(Cl)cc2n1)[C@H]1CCCc2cccnc21. The van der Waals surface area contributed by atoms with E-state index >= 15 is 0 Å². The second kappa shape index (κ2) is 8.55. The molecule has 3 aromatic rings. The molecule has 0 unspecified atom stereocenters.